The van der Waals surface area contributed by atoms with Gasteiger partial charge in [-0.25, -0.2) is 0 Å². The summed E-state index contributed by atoms with van der Waals surface area (Å²) >= 11 is 0. The number of carboxylic acid groups (broad SMARTS) is 1. The van der Waals surface area contributed by atoms with Crippen LogP contribution in [0.1, 0.15) is 12.8 Å². The van der Waals surface area contributed by atoms with Crippen molar-refractivity contribution in [2.75, 3.05) is 39.3 Å². The van der Waals surface area contributed by atoms with Crippen LogP contribution in [0.2, 0.25) is 0 Å². The number of carboxylic acids is 1. The number of nitrogens with zero attached hydrogens (tertiary/aromatic N) is 1. The monoisotopic (exact) mass is 246 g/mol. The first-order valence-corrected chi connectivity index (χ1v) is 6.05. The van der Waals surface area contributed by atoms with Crippen LogP contribution in [-0.4, -0.2) is 71.6 Å². The number of hydrogen-bond acceptors (Lipinski definition) is 5. The van der Waals surface area contributed by atoms with Crippen LogP contribution in [0.25, 0.3) is 0 Å². The zero-order valence-electron chi connectivity index (χ0n) is 10.0. The van der Waals surface area contributed by atoms with Crippen LogP contribution >= 0.6 is 0 Å². The summed E-state index contributed by atoms with van der Waals surface area (Å²) in [5.41, 5.74) is 0. The van der Waals surface area contributed by atoms with Gasteiger partial charge in [-0.15, -0.1) is 0 Å². The fraction of sp³-hybridized carbons (Fsp3) is 0.909. The molecular formula is C11H22N2O4. The van der Waals surface area contributed by atoms with Crippen molar-refractivity contribution >= 4 is 5.97 Å². The number of β-amino-alcohol motifs (C(OH)–C–C–N with tert-alkyl or cyclic N) is 1. The molecule has 6 nitrogen and oxygen atoms in total. The van der Waals surface area contributed by atoms with Gasteiger partial charge in [-0.3, -0.25) is 4.79 Å². The molecule has 100 valence electrons. The summed E-state index contributed by atoms with van der Waals surface area (Å²) in [5.74, 6) is -0.414. The van der Waals surface area contributed by atoms with E-state index in [-0.39, 0.29) is 13.2 Å². The van der Waals surface area contributed by atoms with Gasteiger partial charge in [0.25, 0.3) is 0 Å². The van der Waals surface area contributed by atoms with Gasteiger partial charge in [0.1, 0.15) is 0 Å². The third-order valence-corrected chi connectivity index (χ3v) is 2.99. The van der Waals surface area contributed by atoms with Crippen molar-refractivity contribution in [3.8, 4) is 0 Å². The zero-order chi connectivity index (χ0) is 12.7. The highest BCUT2D eigenvalue weighted by molar-refractivity contribution is 5.68. The van der Waals surface area contributed by atoms with E-state index in [9.17, 15) is 9.90 Å². The van der Waals surface area contributed by atoms with E-state index in [4.69, 9.17) is 10.2 Å². The van der Waals surface area contributed by atoms with Gasteiger partial charge in [-0.2, -0.15) is 0 Å². The fourth-order valence-electron chi connectivity index (χ4n) is 2.22. The highest BCUT2D eigenvalue weighted by atomic mass is 16.4. The first kappa shape index (κ1) is 14.4. The van der Waals surface area contributed by atoms with Crippen LogP contribution in [0.5, 0.6) is 0 Å². The topological polar surface area (TPSA) is 93.0 Å². The Morgan fingerprint density at radius 3 is 2.94 bits per heavy atom. The summed E-state index contributed by atoms with van der Waals surface area (Å²) in [7, 11) is 0. The molecule has 2 unspecified atom stereocenters. The van der Waals surface area contributed by atoms with Crippen molar-refractivity contribution in [3.05, 3.63) is 0 Å². The molecular weight excluding hydrogens is 224 g/mol. The average molecular weight is 246 g/mol. The molecule has 1 saturated heterocycles. The third-order valence-electron chi connectivity index (χ3n) is 2.99. The highest BCUT2D eigenvalue weighted by Crippen LogP contribution is 2.15. The molecule has 0 aromatic heterocycles. The van der Waals surface area contributed by atoms with Gasteiger partial charge >= 0.3 is 5.97 Å². The van der Waals surface area contributed by atoms with Gasteiger partial charge in [0.2, 0.25) is 0 Å². The van der Waals surface area contributed by atoms with E-state index in [1.54, 1.807) is 0 Å². The number of aliphatic carboxylic acids is 1. The van der Waals surface area contributed by atoms with Crippen LogP contribution in [0.4, 0.5) is 0 Å². The molecule has 0 aromatic carbocycles. The van der Waals surface area contributed by atoms with Crippen LogP contribution in [-0.2, 0) is 4.79 Å². The summed E-state index contributed by atoms with van der Waals surface area (Å²) in [6, 6.07) is 0. The maximum atomic E-state index is 10.4. The Labute approximate surface area is 101 Å². The van der Waals surface area contributed by atoms with Crippen molar-refractivity contribution in [1.29, 1.82) is 0 Å². The lowest BCUT2D eigenvalue weighted by atomic mass is 9.97. The second-order valence-electron chi connectivity index (χ2n) is 4.63. The number of carbonyl (C=O) groups is 1. The Kier molecular flexibility index (Phi) is 6.43. The molecule has 0 aliphatic carbocycles. The Bertz CT molecular complexity index is 238. The summed E-state index contributed by atoms with van der Waals surface area (Å²) in [6.45, 7) is 2.76. The average Bonchev–Trinajstić information content (AvgIpc) is 2.29. The predicted molar refractivity (Wildman–Crippen MR) is 62.8 cm³/mol. The third kappa shape index (κ3) is 5.97. The van der Waals surface area contributed by atoms with E-state index < -0.39 is 12.1 Å². The van der Waals surface area contributed by atoms with E-state index in [1.807, 2.05) is 0 Å². The lowest BCUT2D eigenvalue weighted by Gasteiger charge is -2.33. The molecule has 1 rings (SSSR count). The molecule has 4 N–H and O–H groups in total. The molecule has 0 spiro atoms. The molecule has 2 atom stereocenters. The Morgan fingerprint density at radius 1 is 1.53 bits per heavy atom. The standard InChI is InChI=1S/C11H22N2O4/c14-8-10(15)7-13-3-1-2-9(6-13)4-12-5-11(16)17/h9-10,12,14-15H,1-8H2,(H,16,17). The maximum absolute atomic E-state index is 10.4. The van der Waals surface area contributed by atoms with E-state index in [0.29, 0.717) is 19.0 Å². The first-order valence-electron chi connectivity index (χ1n) is 6.05. The van der Waals surface area contributed by atoms with Gasteiger partial charge < -0.3 is 25.5 Å². The molecule has 0 radical (unpaired) electrons. The summed E-state index contributed by atoms with van der Waals surface area (Å²) < 4.78 is 0. The van der Waals surface area contributed by atoms with Crippen molar-refractivity contribution in [1.82, 2.24) is 10.2 Å². The lowest BCUT2D eigenvalue weighted by molar-refractivity contribution is -0.136. The highest BCUT2D eigenvalue weighted by Gasteiger charge is 2.21. The summed E-state index contributed by atoms with van der Waals surface area (Å²) in [4.78, 5) is 12.5. The minimum atomic E-state index is -0.839. The lowest BCUT2D eigenvalue weighted by Crippen LogP contribution is -2.44. The number of likely N-dealkylation sites (tertiary alicyclic amines) is 1. The summed E-state index contributed by atoms with van der Waals surface area (Å²) in [6.07, 6.45) is 1.45. The predicted octanol–water partition coefficient (Wildman–Crippen LogP) is -1.27. The van der Waals surface area contributed by atoms with Gasteiger partial charge in [0.15, 0.2) is 0 Å². The summed E-state index contributed by atoms with van der Waals surface area (Å²) in [5, 5.41) is 29.6. The van der Waals surface area contributed by atoms with Gasteiger partial charge in [-0.05, 0) is 31.8 Å². The van der Waals surface area contributed by atoms with E-state index in [2.05, 4.69) is 10.2 Å². The number of hydrogen-bond donors (Lipinski definition) is 4. The molecule has 6 heteroatoms. The Hall–Kier alpha value is -0.690. The van der Waals surface area contributed by atoms with E-state index >= 15 is 0 Å². The van der Waals surface area contributed by atoms with Crippen LogP contribution < -0.4 is 5.32 Å². The molecule has 0 amide bonds. The van der Waals surface area contributed by atoms with Gasteiger partial charge in [0.05, 0.1) is 19.3 Å². The quantitative estimate of drug-likeness (QED) is 0.447. The minimum Gasteiger partial charge on any atom is -0.480 e. The zero-order valence-corrected chi connectivity index (χ0v) is 10.0. The Morgan fingerprint density at radius 2 is 2.29 bits per heavy atom. The number of nitrogens with one attached hydrogen (secondary N) is 1. The molecule has 17 heavy (non-hydrogen) atoms. The van der Waals surface area contributed by atoms with Gasteiger partial charge in [-0.1, -0.05) is 0 Å². The van der Waals surface area contributed by atoms with E-state index in [1.165, 1.54) is 0 Å². The minimum absolute atomic E-state index is 0.00420. The van der Waals surface area contributed by atoms with Crippen LogP contribution in [0.3, 0.4) is 0 Å². The van der Waals surface area contributed by atoms with Crippen LogP contribution in [0, 0.1) is 5.92 Å². The second-order valence-corrected chi connectivity index (χ2v) is 4.63. The number of aliphatic hydroxyl groups excluding tert-OH is 2. The fourth-order valence-corrected chi connectivity index (χ4v) is 2.22. The molecule has 0 aromatic rings. The largest absolute Gasteiger partial charge is 0.480 e. The second kappa shape index (κ2) is 7.60. The molecule has 0 bridgehead atoms. The Balaban J connectivity index is 2.21. The van der Waals surface area contributed by atoms with Crippen molar-refractivity contribution in [2.24, 2.45) is 5.92 Å². The first-order chi connectivity index (χ1) is 8.11. The molecule has 1 aliphatic heterocycles. The normalized spacial score (nSPS) is 23.5. The molecule has 1 fully saturated rings. The van der Waals surface area contributed by atoms with E-state index in [0.717, 1.165) is 25.9 Å². The van der Waals surface area contributed by atoms with Gasteiger partial charge in [0, 0.05) is 13.1 Å². The molecule has 1 heterocycles. The smallest absolute Gasteiger partial charge is 0.317 e. The number of rotatable bonds is 7. The molecule has 1 aliphatic rings. The maximum Gasteiger partial charge on any atom is 0.317 e. The number of piperidine rings is 1. The van der Waals surface area contributed by atoms with Crippen molar-refractivity contribution in [3.63, 3.8) is 0 Å². The van der Waals surface area contributed by atoms with Crippen molar-refractivity contribution < 1.29 is 20.1 Å². The molecule has 0 saturated carbocycles. The van der Waals surface area contributed by atoms with Crippen molar-refractivity contribution in [2.45, 2.75) is 18.9 Å². The number of aliphatic hydroxyl groups is 2. The SMILES string of the molecule is O=C(O)CNCC1CCCN(CC(O)CO)C1. The van der Waals surface area contributed by atoms with Crippen LogP contribution in [0.15, 0.2) is 0 Å².